The number of hydrogen-bond acceptors (Lipinski definition) is 3. The molecule has 0 rings (SSSR count). The zero-order valence-electron chi connectivity index (χ0n) is 9.75. The van der Waals surface area contributed by atoms with Gasteiger partial charge in [0.05, 0.1) is 11.2 Å². The molecule has 4 heteroatoms. The molecule has 84 valence electrons. The van der Waals surface area contributed by atoms with E-state index in [2.05, 4.69) is 0 Å². The molecule has 4 nitrogen and oxygen atoms in total. The van der Waals surface area contributed by atoms with Crippen molar-refractivity contribution in [3.63, 3.8) is 0 Å². The molecule has 0 aliphatic carbocycles. The van der Waals surface area contributed by atoms with E-state index in [9.17, 15) is 4.79 Å². The first-order chi connectivity index (χ1) is 6.01. The molecule has 0 aliphatic rings. The van der Waals surface area contributed by atoms with Crippen LogP contribution in [0.15, 0.2) is 0 Å². The molecule has 0 heterocycles. The Labute approximate surface area is 85.2 Å². The van der Waals surface area contributed by atoms with E-state index < -0.39 is 23.5 Å². The molecule has 0 bridgehead atoms. The summed E-state index contributed by atoms with van der Waals surface area (Å²) in [6.45, 7) is 10.7. The fourth-order valence-electron chi connectivity index (χ4n) is 0.767. The molecule has 1 N–H and O–H groups in total. The monoisotopic (exact) mass is 204 g/mol. The summed E-state index contributed by atoms with van der Waals surface area (Å²) in [5.74, 6) is -1.10. The van der Waals surface area contributed by atoms with Gasteiger partial charge in [-0.15, -0.1) is 0 Å². The highest BCUT2D eigenvalue weighted by atomic mass is 16.7. The average molecular weight is 204 g/mol. The Kier molecular flexibility index (Phi) is 4.09. The van der Waals surface area contributed by atoms with Crippen molar-refractivity contribution in [3.8, 4) is 0 Å². The maximum absolute atomic E-state index is 10.8. The van der Waals surface area contributed by atoms with Crippen LogP contribution in [0.1, 0.15) is 41.5 Å². The van der Waals surface area contributed by atoms with Gasteiger partial charge in [0.25, 0.3) is 6.29 Å². The second kappa shape index (κ2) is 4.28. The summed E-state index contributed by atoms with van der Waals surface area (Å²) in [5, 5.41) is 8.85. The number of carboxylic acid groups (broad SMARTS) is 1. The number of hydrogen-bond donors (Lipinski definition) is 1. The predicted octanol–water partition coefficient (Wildman–Crippen LogP) is 2.03. The van der Waals surface area contributed by atoms with E-state index in [0.29, 0.717) is 0 Å². The number of ether oxygens (including phenoxy) is 2. The third kappa shape index (κ3) is 6.86. The molecule has 0 unspecified atom stereocenters. The molecular formula is C10H20O4. The highest BCUT2D eigenvalue weighted by Crippen LogP contribution is 2.17. The van der Waals surface area contributed by atoms with Crippen molar-refractivity contribution >= 4 is 5.97 Å². The summed E-state index contributed by atoms with van der Waals surface area (Å²) in [5.41, 5.74) is -1.07. The van der Waals surface area contributed by atoms with Crippen molar-refractivity contribution in [1.82, 2.24) is 0 Å². The van der Waals surface area contributed by atoms with Gasteiger partial charge in [-0.2, -0.15) is 0 Å². The Morgan fingerprint density at radius 3 is 1.43 bits per heavy atom. The van der Waals surface area contributed by atoms with Crippen molar-refractivity contribution in [2.24, 2.45) is 0 Å². The van der Waals surface area contributed by atoms with Crippen LogP contribution in [0.4, 0.5) is 0 Å². The minimum absolute atomic E-state index is 0.533. The van der Waals surface area contributed by atoms with Crippen molar-refractivity contribution in [3.05, 3.63) is 0 Å². The molecular weight excluding hydrogens is 184 g/mol. The predicted molar refractivity (Wildman–Crippen MR) is 53.1 cm³/mol. The Morgan fingerprint density at radius 1 is 1.00 bits per heavy atom. The summed E-state index contributed by atoms with van der Waals surface area (Å²) >= 11 is 0. The number of carboxylic acids is 1. The fraction of sp³-hybridized carbons (Fsp3) is 0.900. The first-order valence-electron chi connectivity index (χ1n) is 4.60. The molecule has 0 radical (unpaired) electrons. The average Bonchev–Trinajstić information content (AvgIpc) is 1.78. The van der Waals surface area contributed by atoms with Gasteiger partial charge in [0.1, 0.15) is 0 Å². The number of carbonyl (C=O) groups is 1. The van der Waals surface area contributed by atoms with Crippen molar-refractivity contribution in [2.45, 2.75) is 59.0 Å². The Morgan fingerprint density at radius 2 is 1.29 bits per heavy atom. The second-order valence-electron chi connectivity index (χ2n) is 5.13. The lowest BCUT2D eigenvalue weighted by Crippen LogP contribution is -2.40. The number of aliphatic carboxylic acids is 1. The topological polar surface area (TPSA) is 55.8 Å². The SMILES string of the molecule is CC(C)(C)OC(OC(C)(C)C)C(=O)O. The first-order valence-corrected chi connectivity index (χ1v) is 4.60. The van der Waals surface area contributed by atoms with E-state index in [1.54, 1.807) is 41.5 Å². The zero-order chi connectivity index (χ0) is 11.6. The van der Waals surface area contributed by atoms with Gasteiger partial charge in [-0.3, -0.25) is 0 Å². The molecule has 0 aromatic rings. The van der Waals surface area contributed by atoms with Gasteiger partial charge in [-0.1, -0.05) is 0 Å². The molecule has 0 aliphatic heterocycles. The molecule has 14 heavy (non-hydrogen) atoms. The minimum atomic E-state index is -1.21. The van der Waals surface area contributed by atoms with Crippen LogP contribution in [0, 0.1) is 0 Å². The van der Waals surface area contributed by atoms with E-state index in [4.69, 9.17) is 14.6 Å². The van der Waals surface area contributed by atoms with Crippen LogP contribution in [-0.2, 0) is 14.3 Å². The largest absolute Gasteiger partial charge is 0.477 e. The van der Waals surface area contributed by atoms with Crippen molar-refractivity contribution in [1.29, 1.82) is 0 Å². The van der Waals surface area contributed by atoms with Crippen LogP contribution in [0.3, 0.4) is 0 Å². The molecule has 0 atom stereocenters. The molecule has 0 spiro atoms. The summed E-state index contributed by atoms with van der Waals surface area (Å²) in [6, 6.07) is 0. The van der Waals surface area contributed by atoms with Gasteiger partial charge in [0.2, 0.25) is 0 Å². The second-order valence-corrected chi connectivity index (χ2v) is 5.13. The quantitative estimate of drug-likeness (QED) is 0.715. The zero-order valence-corrected chi connectivity index (χ0v) is 9.75. The maximum atomic E-state index is 10.8. The van der Waals surface area contributed by atoms with Crippen LogP contribution in [0.2, 0.25) is 0 Å². The summed E-state index contributed by atoms with van der Waals surface area (Å²) in [7, 11) is 0. The smallest absolute Gasteiger partial charge is 0.361 e. The maximum Gasteiger partial charge on any atom is 0.361 e. The van der Waals surface area contributed by atoms with Gasteiger partial charge in [0, 0.05) is 0 Å². The third-order valence-corrected chi connectivity index (χ3v) is 1.12. The Balaban J connectivity index is 4.40. The Hall–Kier alpha value is -0.610. The van der Waals surface area contributed by atoms with E-state index in [-0.39, 0.29) is 0 Å². The summed E-state index contributed by atoms with van der Waals surface area (Å²) in [4.78, 5) is 10.8. The van der Waals surface area contributed by atoms with Gasteiger partial charge in [-0.25, -0.2) is 4.79 Å². The minimum Gasteiger partial charge on any atom is -0.477 e. The lowest BCUT2D eigenvalue weighted by atomic mass is 10.2. The standard InChI is InChI=1S/C10H20O4/c1-9(2,3)13-8(7(11)12)14-10(4,5)6/h8H,1-6H3,(H,11,12). The van der Waals surface area contributed by atoms with Crippen molar-refractivity contribution in [2.75, 3.05) is 0 Å². The van der Waals surface area contributed by atoms with E-state index in [0.717, 1.165) is 0 Å². The molecule has 0 fully saturated rings. The first kappa shape index (κ1) is 13.4. The van der Waals surface area contributed by atoms with Crippen LogP contribution >= 0.6 is 0 Å². The highest BCUT2D eigenvalue weighted by molar-refractivity contribution is 5.70. The van der Waals surface area contributed by atoms with Crippen LogP contribution < -0.4 is 0 Å². The number of rotatable bonds is 3. The van der Waals surface area contributed by atoms with Gasteiger partial charge in [-0.05, 0) is 41.5 Å². The lowest BCUT2D eigenvalue weighted by molar-refractivity contribution is -0.240. The summed E-state index contributed by atoms with van der Waals surface area (Å²) in [6.07, 6.45) is -1.21. The summed E-state index contributed by atoms with van der Waals surface area (Å²) < 4.78 is 10.5. The van der Waals surface area contributed by atoms with Crippen LogP contribution in [0.5, 0.6) is 0 Å². The lowest BCUT2D eigenvalue weighted by Gasteiger charge is -2.29. The molecule has 0 saturated heterocycles. The molecule has 0 aromatic heterocycles. The Bertz CT molecular complexity index is 181. The van der Waals surface area contributed by atoms with Gasteiger partial charge >= 0.3 is 5.97 Å². The normalized spacial score (nSPS) is 13.4. The van der Waals surface area contributed by atoms with Gasteiger partial charge < -0.3 is 14.6 Å². The fourth-order valence-corrected chi connectivity index (χ4v) is 0.767. The van der Waals surface area contributed by atoms with Crippen molar-refractivity contribution < 1.29 is 19.4 Å². The van der Waals surface area contributed by atoms with Crippen LogP contribution in [0.25, 0.3) is 0 Å². The third-order valence-electron chi connectivity index (χ3n) is 1.12. The van der Waals surface area contributed by atoms with E-state index in [1.807, 2.05) is 0 Å². The van der Waals surface area contributed by atoms with Gasteiger partial charge in [0.15, 0.2) is 0 Å². The molecule has 0 saturated carbocycles. The molecule has 0 aromatic carbocycles. The highest BCUT2D eigenvalue weighted by Gasteiger charge is 2.29. The van der Waals surface area contributed by atoms with E-state index >= 15 is 0 Å². The molecule has 0 amide bonds. The van der Waals surface area contributed by atoms with Crippen LogP contribution in [-0.4, -0.2) is 28.6 Å². The van der Waals surface area contributed by atoms with E-state index in [1.165, 1.54) is 0 Å².